The van der Waals surface area contributed by atoms with Crippen molar-refractivity contribution in [2.45, 2.75) is 48.5 Å². The van der Waals surface area contributed by atoms with Gasteiger partial charge in [0.15, 0.2) is 0 Å². The minimum absolute atomic E-state index is 0.312. The van der Waals surface area contributed by atoms with Gasteiger partial charge in [-0.2, -0.15) is 0 Å². The van der Waals surface area contributed by atoms with Crippen molar-refractivity contribution in [2.24, 2.45) is 0 Å². The molecule has 0 saturated heterocycles. The molecule has 0 aliphatic carbocycles. The molecule has 0 radical (unpaired) electrons. The SMILES string of the molecule is CC.CC.CC#Cc1c(C)nc(N)nc1C. The third kappa shape index (κ3) is 5.35. The van der Waals surface area contributed by atoms with E-state index in [9.17, 15) is 0 Å². The van der Waals surface area contributed by atoms with E-state index in [-0.39, 0.29) is 0 Å². The van der Waals surface area contributed by atoms with Crippen LogP contribution in [0.1, 0.15) is 51.6 Å². The normalized spacial score (nSPS) is 7.44. The first kappa shape index (κ1) is 16.9. The van der Waals surface area contributed by atoms with Crippen LogP contribution in [0.5, 0.6) is 0 Å². The number of anilines is 1. The first-order chi connectivity index (χ1) is 7.65. The molecule has 1 heterocycles. The summed E-state index contributed by atoms with van der Waals surface area (Å²) in [6.07, 6.45) is 0. The molecule has 0 atom stereocenters. The number of aryl methyl sites for hydroxylation is 2. The Bertz CT molecular complexity index is 336. The Labute approximate surface area is 99.5 Å². The number of nitrogens with zero attached hydrogens (tertiary/aromatic N) is 2. The second-order valence-corrected chi connectivity index (χ2v) is 2.50. The van der Waals surface area contributed by atoms with Gasteiger partial charge in [-0.25, -0.2) is 9.97 Å². The number of hydrogen-bond donors (Lipinski definition) is 1. The smallest absolute Gasteiger partial charge is 0.220 e. The van der Waals surface area contributed by atoms with Crippen LogP contribution in [0.2, 0.25) is 0 Å². The van der Waals surface area contributed by atoms with Gasteiger partial charge in [-0.05, 0) is 20.8 Å². The van der Waals surface area contributed by atoms with Gasteiger partial charge in [-0.3, -0.25) is 0 Å². The molecular formula is C13H23N3. The van der Waals surface area contributed by atoms with Crippen LogP contribution in [0.4, 0.5) is 5.95 Å². The summed E-state index contributed by atoms with van der Waals surface area (Å²) in [6, 6.07) is 0. The van der Waals surface area contributed by atoms with Gasteiger partial charge in [-0.15, -0.1) is 5.92 Å². The molecule has 2 N–H and O–H groups in total. The Kier molecular flexibility index (Phi) is 10.5. The van der Waals surface area contributed by atoms with E-state index in [1.807, 2.05) is 41.5 Å². The van der Waals surface area contributed by atoms with Crippen LogP contribution in [0.15, 0.2) is 0 Å². The van der Waals surface area contributed by atoms with Crippen molar-refractivity contribution in [1.82, 2.24) is 9.97 Å². The molecule has 1 rings (SSSR count). The topological polar surface area (TPSA) is 51.8 Å². The number of nitrogens with two attached hydrogens (primary N) is 1. The minimum Gasteiger partial charge on any atom is -0.368 e. The van der Waals surface area contributed by atoms with E-state index in [4.69, 9.17) is 5.73 Å². The largest absolute Gasteiger partial charge is 0.368 e. The summed E-state index contributed by atoms with van der Waals surface area (Å²) >= 11 is 0. The van der Waals surface area contributed by atoms with Crippen molar-refractivity contribution in [2.75, 3.05) is 5.73 Å². The molecule has 1 aromatic rings. The maximum absolute atomic E-state index is 5.45. The van der Waals surface area contributed by atoms with Gasteiger partial charge in [-0.1, -0.05) is 33.6 Å². The van der Waals surface area contributed by atoms with Crippen LogP contribution >= 0.6 is 0 Å². The monoisotopic (exact) mass is 221 g/mol. The molecule has 0 fully saturated rings. The minimum atomic E-state index is 0.312. The summed E-state index contributed by atoms with van der Waals surface area (Å²) in [7, 11) is 0. The van der Waals surface area contributed by atoms with E-state index in [0.29, 0.717) is 5.95 Å². The van der Waals surface area contributed by atoms with Gasteiger partial charge in [0.1, 0.15) is 0 Å². The molecule has 0 aliphatic heterocycles. The standard InChI is InChI=1S/C9H11N3.2C2H6/c1-4-5-8-6(2)11-9(10)12-7(8)3;2*1-2/h1-3H3,(H2,10,11,12);2*1-2H3. The molecule has 0 amide bonds. The average molecular weight is 221 g/mol. The van der Waals surface area contributed by atoms with Crippen molar-refractivity contribution in [3.63, 3.8) is 0 Å². The van der Waals surface area contributed by atoms with Gasteiger partial charge >= 0.3 is 0 Å². The van der Waals surface area contributed by atoms with Crippen LogP contribution in [-0.4, -0.2) is 9.97 Å². The van der Waals surface area contributed by atoms with E-state index < -0.39 is 0 Å². The molecule has 3 nitrogen and oxygen atoms in total. The maximum atomic E-state index is 5.45. The second-order valence-electron chi connectivity index (χ2n) is 2.50. The van der Waals surface area contributed by atoms with Crippen LogP contribution in [0.25, 0.3) is 0 Å². The summed E-state index contributed by atoms with van der Waals surface area (Å²) in [6.45, 7) is 13.5. The molecule has 0 saturated carbocycles. The number of aromatic nitrogens is 2. The lowest BCUT2D eigenvalue weighted by Gasteiger charge is -2.01. The molecule has 1 aromatic heterocycles. The third-order valence-corrected chi connectivity index (χ3v) is 1.54. The van der Waals surface area contributed by atoms with Crippen LogP contribution in [0, 0.1) is 25.7 Å². The highest BCUT2D eigenvalue weighted by molar-refractivity contribution is 5.42. The molecule has 0 bridgehead atoms. The fourth-order valence-electron chi connectivity index (χ4n) is 1.05. The Balaban J connectivity index is 0. The zero-order chi connectivity index (χ0) is 13.1. The van der Waals surface area contributed by atoms with Gasteiger partial charge < -0.3 is 5.73 Å². The Morgan fingerprint density at radius 2 is 1.31 bits per heavy atom. The van der Waals surface area contributed by atoms with E-state index in [2.05, 4.69) is 21.8 Å². The Hall–Kier alpha value is -1.56. The van der Waals surface area contributed by atoms with Crippen molar-refractivity contribution < 1.29 is 0 Å². The predicted molar refractivity (Wildman–Crippen MR) is 71.2 cm³/mol. The second kappa shape index (κ2) is 9.97. The lowest BCUT2D eigenvalue weighted by atomic mass is 10.2. The number of nitrogen functional groups attached to an aromatic ring is 1. The number of hydrogen-bond acceptors (Lipinski definition) is 3. The molecule has 0 spiro atoms. The molecule has 0 aliphatic rings. The Morgan fingerprint density at radius 3 is 1.62 bits per heavy atom. The predicted octanol–water partition coefficient (Wildman–Crippen LogP) is 3.10. The summed E-state index contributed by atoms with van der Waals surface area (Å²) in [5, 5.41) is 0. The van der Waals surface area contributed by atoms with E-state index in [1.165, 1.54) is 0 Å². The fraction of sp³-hybridized carbons (Fsp3) is 0.538. The zero-order valence-corrected chi connectivity index (χ0v) is 11.5. The van der Waals surface area contributed by atoms with Gasteiger partial charge in [0.2, 0.25) is 5.95 Å². The van der Waals surface area contributed by atoms with E-state index in [1.54, 1.807) is 6.92 Å². The summed E-state index contributed by atoms with van der Waals surface area (Å²) in [5.41, 5.74) is 8.02. The van der Waals surface area contributed by atoms with Gasteiger partial charge in [0.05, 0.1) is 17.0 Å². The lowest BCUT2D eigenvalue weighted by Crippen LogP contribution is -2.02. The molecule has 16 heavy (non-hydrogen) atoms. The third-order valence-electron chi connectivity index (χ3n) is 1.54. The van der Waals surface area contributed by atoms with Crippen molar-refractivity contribution in [3.8, 4) is 11.8 Å². The van der Waals surface area contributed by atoms with Crippen LogP contribution in [0.3, 0.4) is 0 Å². The fourth-order valence-corrected chi connectivity index (χ4v) is 1.05. The highest BCUT2D eigenvalue weighted by Gasteiger charge is 2.02. The molecule has 90 valence electrons. The van der Waals surface area contributed by atoms with E-state index in [0.717, 1.165) is 17.0 Å². The van der Waals surface area contributed by atoms with Gasteiger partial charge in [0, 0.05) is 0 Å². The highest BCUT2D eigenvalue weighted by atomic mass is 15.0. The molecule has 0 aromatic carbocycles. The van der Waals surface area contributed by atoms with Crippen LogP contribution < -0.4 is 5.73 Å². The quantitative estimate of drug-likeness (QED) is 0.685. The van der Waals surface area contributed by atoms with E-state index >= 15 is 0 Å². The zero-order valence-electron chi connectivity index (χ0n) is 11.5. The average Bonchev–Trinajstić information content (AvgIpc) is 2.29. The molecule has 0 unspecified atom stereocenters. The highest BCUT2D eigenvalue weighted by Crippen LogP contribution is 2.08. The van der Waals surface area contributed by atoms with Crippen molar-refractivity contribution in [1.29, 1.82) is 0 Å². The lowest BCUT2D eigenvalue weighted by molar-refractivity contribution is 1.06. The summed E-state index contributed by atoms with van der Waals surface area (Å²) in [5.74, 6) is 6.07. The van der Waals surface area contributed by atoms with Crippen molar-refractivity contribution >= 4 is 5.95 Å². The molecule has 3 heteroatoms. The first-order valence-corrected chi connectivity index (χ1v) is 5.68. The Morgan fingerprint density at radius 1 is 0.938 bits per heavy atom. The maximum Gasteiger partial charge on any atom is 0.220 e. The summed E-state index contributed by atoms with van der Waals surface area (Å²) in [4.78, 5) is 8.03. The number of rotatable bonds is 0. The first-order valence-electron chi connectivity index (χ1n) is 5.68. The van der Waals surface area contributed by atoms with Crippen molar-refractivity contribution in [3.05, 3.63) is 17.0 Å². The van der Waals surface area contributed by atoms with Gasteiger partial charge in [0.25, 0.3) is 0 Å². The molecular weight excluding hydrogens is 198 g/mol. The van der Waals surface area contributed by atoms with Crippen LogP contribution in [-0.2, 0) is 0 Å². The summed E-state index contributed by atoms with van der Waals surface area (Å²) < 4.78 is 0.